The van der Waals surface area contributed by atoms with Gasteiger partial charge < -0.3 is 10.1 Å². The molecule has 5 nitrogen and oxygen atoms in total. The first-order valence-corrected chi connectivity index (χ1v) is 3.63. The van der Waals surface area contributed by atoms with Gasteiger partial charge in [0.1, 0.15) is 12.2 Å². The Hall–Kier alpha value is -0.940. The number of aromatic amines is 1. The van der Waals surface area contributed by atoms with Crippen LogP contribution in [-0.2, 0) is 4.74 Å². The summed E-state index contributed by atoms with van der Waals surface area (Å²) < 4.78 is 5.26. The van der Waals surface area contributed by atoms with Gasteiger partial charge in [0.05, 0.1) is 19.3 Å². The van der Waals surface area contributed by atoms with E-state index in [4.69, 9.17) is 4.74 Å². The van der Waals surface area contributed by atoms with Crippen molar-refractivity contribution >= 4 is 0 Å². The zero-order chi connectivity index (χ0) is 7.52. The molecule has 1 atom stereocenters. The van der Waals surface area contributed by atoms with E-state index in [-0.39, 0.29) is 6.04 Å². The van der Waals surface area contributed by atoms with Crippen LogP contribution in [-0.4, -0.2) is 34.9 Å². The van der Waals surface area contributed by atoms with Crippen LogP contribution < -0.4 is 5.32 Å². The number of ether oxygens (including phenoxy) is 1. The number of hydrogen-bond donors (Lipinski definition) is 2. The Morgan fingerprint density at radius 3 is 3.27 bits per heavy atom. The second kappa shape index (κ2) is 2.98. The van der Waals surface area contributed by atoms with Gasteiger partial charge in [-0.05, 0) is 0 Å². The molecule has 2 N–H and O–H groups in total. The molecule has 1 aromatic rings. The molecule has 2 rings (SSSR count). The quantitative estimate of drug-likeness (QED) is 0.570. The lowest BCUT2D eigenvalue weighted by molar-refractivity contribution is 0.0743. The minimum atomic E-state index is 0.186. The van der Waals surface area contributed by atoms with Gasteiger partial charge >= 0.3 is 0 Å². The molecule has 1 unspecified atom stereocenters. The standard InChI is InChI=1S/C6H10N4O/c1-2-11-3-5(7-1)6-8-4-9-10-6/h4-5,7H,1-3H2,(H,8,9,10). The summed E-state index contributed by atoms with van der Waals surface area (Å²) in [5, 5.41) is 9.83. The SMILES string of the molecule is c1n[nH]c(C2COCCN2)n1. The molecule has 0 bridgehead atoms. The van der Waals surface area contributed by atoms with Crippen molar-refractivity contribution in [1.29, 1.82) is 0 Å². The summed E-state index contributed by atoms with van der Waals surface area (Å²) in [6.07, 6.45) is 1.51. The monoisotopic (exact) mass is 154 g/mol. The van der Waals surface area contributed by atoms with Crippen molar-refractivity contribution < 1.29 is 4.74 Å². The third-order valence-corrected chi connectivity index (χ3v) is 1.69. The molecule has 1 aliphatic rings. The maximum absolute atomic E-state index is 5.26. The molecule has 0 radical (unpaired) electrons. The lowest BCUT2D eigenvalue weighted by Gasteiger charge is -2.21. The molecule has 0 saturated carbocycles. The average molecular weight is 154 g/mol. The topological polar surface area (TPSA) is 62.8 Å². The number of morpholine rings is 1. The van der Waals surface area contributed by atoms with Crippen molar-refractivity contribution in [2.75, 3.05) is 19.8 Å². The second-order valence-corrected chi connectivity index (χ2v) is 2.45. The Kier molecular flexibility index (Phi) is 1.83. The zero-order valence-corrected chi connectivity index (χ0v) is 6.08. The summed E-state index contributed by atoms with van der Waals surface area (Å²) in [7, 11) is 0. The Balaban J connectivity index is 2.04. The van der Waals surface area contributed by atoms with E-state index in [0.717, 1.165) is 19.0 Å². The van der Waals surface area contributed by atoms with Gasteiger partial charge in [0.25, 0.3) is 0 Å². The fraction of sp³-hybridized carbons (Fsp3) is 0.667. The molecule has 1 fully saturated rings. The molecule has 60 valence electrons. The van der Waals surface area contributed by atoms with E-state index in [0.29, 0.717) is 6.61 Å². The van der Waals surface area contributed by atoms with Crippen molar-refractivity contribution in [2.24, 2.45) is 0 Å². The number of aromatic nitrogens is 3. The van der Waals surface area contributed by atoms with Gasteiger partial charge in [0.2, 0.25) is 0 Å². The Morgan fingerprint density at radius 1 is 1.64 bits per heavy atom. The van der Waals surface area contributed by atoms with E-state index in [9.17, 15) is 0 Å². The van der Waals surface area contributed by atoms with Crippen LogP contribution in [0, 0.1) is 0 Å². The number of hydrogen-bond acceptors (Lipinski definition) is 4. The summed E-state index contributed by atoms with van der Waals surface area (Å²) in [6.45, 7) is 2.34. The Morgan fingerprint density at radius 2 is 2.64 bits per heavy atom. The van der Waals surface area contributed by atoms with Crippen LogP contribution in [0.3, 0.4) is 0 Å². The fourth-order valence-electron chi connectivity index (χ4n) is 1.12. The molecule has 0 spiro atoms. The van der Waals surface area contributed by atoms with Crippen LogP contribution in [0.4, 0.5) is 0 Å². The van der Waals surface area contributed by atoms with Crippen molar-refractivity contribution in [3.05, 3.63) is 12.2 Å². The largest absolute Gasteiger partial charge is 0.378 e. The molecular formula is C6H10N4O. The van der Waals surface area contributed by atoms with E-state index >= 15 is 0 Å². The van der Waals surface area contributed by atoms with Crippen LogP contribution in [0.25, 0.3) is 0 Å². The van der Waals surface area contributed by atoms with E-state index in [1.807, 2.05) is 0 Å². The predicted molar refractivity (Wildman–Crippen MR) is 37.9 cm³/mol. The van der Waals surface area contributed by atoms with Crippen LogP contribution in [0.5, 0.6) is 0 Å². The highest BCUT2D eigenvalue weighted by Crippen LogP contribution is 2.08. The first-order valence-electron chi connectivity index (χ1n) is 3.63. The molecule has 0 aliphatic carbocycles. The Labute approximate surface area is 64.2 Å². The fourth-order valence-corrected chi connectivity index (χ4v) is 1.12. The summed E-state index contributed by atoms with van der Waals surface area (Å²) in [5.41, 5.74) is 0. The first-order chi connectivity index (χ1) is 5.47. The van der Waals surface area contributed by atoms with Gasteiger partial charge in [0.15, 0.2) is 0 Å². The van der Waals surface area contributed by atoms with Crippen LogP contribution >= 0.6 is 0 Å². The molecule has 0 aromatic carbocycles. The van der Waals surface area contributed by atoms with Crippen molar-refractivity contribution in [3.63, 3.8) is 0 Å². The van der Waals surface area contributed by atoms with Gasteiger partial charge in [-0.2, -0.15) is 5.10 Å². The van der Waals surface area contributed by atoms with Crippen LogP contribution in [0.15, 0.2) is 6.33 Å². The predicted octanol–water partition coefficient (Wildman–Crippen LogP) is -0.534. The summed E-state index contributed by atoms with van der Waals surface area (Å²) >= 11 is 0. The van der Waals surface area contributed by atoms with Crippen molar-refractivity contribution in [3.8, 4) is 0 Å². The van der Waals surface area contributed by atoms with E-state index in [1.165, 1.54) is 6.33 Å². The van der Waals surface area contributed by atoms with Gasteiger partial charge in [-0.25, -0.2) is 4.98 Å². The maximum Gasteiger partial charge on any atom is 0.143 e. The molecule has 1 aromatic heterocycles. The zero-order valence-electron chi connectivity index (χ0n) is 6.08. The molecule has 11 heavy (non-hydrogen) atoms. The highest BCUT2D eigenvalue weighted by molar-refractivity contribution is 4.92. The van der Waals surface area contributed by atoms with Gasteiger partial charge in [-0.15, -0.1) is 0 Å². The lowest BCUT2D eigenvalue weighted by Crippen LogP contribution is -2.35. The molecule has 0 amide bonds. The van der Waals surface area contributed by atoms with Gasteiger partial charge in [-0.3, -0.25) is 5.10 Å². The molecule has 1 saturated heterocycles. The molecule has 5 heteroatoms. The van der Waals surface area contributed by atoms with Crippen LogP contribution in [0.2, 0.25) is 0 Å². The minimum absolute atomic E-state index is 0.186. The maximum atomic E-state index is 5.26. The highest BCUT2D eigenvalue weighted by atomic mass is 16.5. The average Bonchev–Trinajstić information content (AvgIpc) is 2.58. The van der Waals surface area contributed by atoms with Gasteiger partial charge in [-0.1, -0.05) is 0 Å². The summed E-state index contributed by atoms with van der Waals surface area (Å²) in [4.78, 5) is 4.03. The first kappa shape index (κ1) is 6.75. The van der Waals surface area contributed by atoms with Crippen molar-refractivity contribution in [1.82, 2.24) is 20.5 Å². The number of nitrogens with one attached hydrogen (secondary N) is 2. The Bertz CT molecular complexity index is 204. The second-order valence-electron chi connectivity index (χ2n) is 2.45. The lowest BCUT2D eigenvalue weighted by atomic mass is 10.3. The normalized spacial score (nSPS) is 25.3. The molecule has 1 aliphatic heterocycles. The van der Waals surface area contributed by atoms with E-state index < -0.39 is 0 Å². The van der Waals surface area contributed by atoms with Gasteiger partial charge in [0, 0.05) is 6.54 Å². The molecule has 2 heterocycles. The summed E-state index contributed by atoms with van der Waals surface area (Å²) in [6, 6.07) is 0.186. The highest BCUT2D eigenvalue weighted by Gasteiger charge is 2.16. The number of H-pyrrole nitrogens is 1. The van der Waals surface area contributed by atoms with E-state index in [1.54, 1.807) is 0 Å². The van der Waals surface area contributed by atoms with Crippen molar-refractivity contribution in [2.45, 2.75) is 6.04 Å². The summed E-state index contributed by atoms with van der Waals surface area (Å²) in [5.74, 6) is 0.852. The third kappa shape index (κ3) is 1.38. The minimum Gasteiger partial charge on any atom is -0.378 e. The third-order valence-electron chi connectivity index (χ3n) is 1.69. The molecular weight excluding hydrogens is 144 g/mol. The number of rotatable bonds is 1. The smallest absolute Gasteiger partial charge is 0.143 e. The number of nitrogens with zero attached hydrogens (tertiary/aromatic N) is 2. The van der Waals surface area contributed by atoms with Crippen LogP contribution in [0.1, 0.15) is 11.9 Å². The van der Waals surface area contributed by atoms with E-state index in [2.05, 4.69) is 20.5 Å².